The number of ether oxygens (including phenoxy) is 1. The Morgan fingerprint density at radius 2 is 1.86 bits per heavy atom. The highest BCUT2D eigenvalue weighted by Gasteiger charge is 2.29. The van der Waals surface area contributed by atoms with E-state index in [2.05, 4.69) is 10.3 Å². The minimum Gasteiger partial charge on any atom is -0.487 e. The lowest BCUT2D eigenvalue weighted by atomic mass is 10.1. The Hall–Kier alpha value is -3.93. The number of nitrogens with one attached hydrogen (secondary N) is 1. The van der Waals surface area contributed by atoms with Crippen LogP contribution in [0, 0.1) is 0 Å². The van der Waals surface area contributed by atoms with E-state index >= 15 is 0 Å². The molecule has 1 saturated heterocycles. The number of pyridine rings is 1. The molecule has 2 heterocycles. The maximum absolute atomic E-state index is 12.7. The molecule has 0 unspecified atom stereocenters. The molecular weight excluding hydrogens is 472 g/mol. The SMILES string of the molecule is NC(=O)c1cncc(OCc2cccc(NC(=O)c3ccc(N4CCS(O)(O)CC4=O)cc3)c2)c1. The fourth-order valence-corrected chi connectivity index (χ4v) is 4.69. The first-order valence-electron chi connectivity index (χ1n) is 10.6. The Morgan fingerprint density at radius 1 is 1.09 bits per heavy atom. The van der Waals surface area contributed by atoms with E-state index in [1.807, 2.05) is 6.07 Å². The van der Waals surface area contributed by atoms with E-state index in [-0.39, 0.29) is 42.0 Å². The molecule has 4 rings (SSSR count). The van der Waals surface area contributed by atoms with Gasteiger partial charge in [0.2, 0.25) is 11.8 Å². The van der Waals surface area contributed by atoms with Crippen molar-refractivity contribution in [2.24, 2.45) is 5.73 Å². The second-order valence-corrected chi connectivity index (χ2v) is 10.3. The number of carbonyl (C=O) groups excluding carboxylic acids is 3. The van der Waals surface area contributed by atoms with Crippen molar-refractivity contribution < 1.29 is 28.2 Å². The highest BCUT2D eigenvalue weighted by atomic mass is 32.3. The van der Waals surface area contributed by atoms with Crippen molar-refractivity contribution in [2.45, 2.75) is 6.61 Å². The van der Waals surface area contributed by atoms with Gasteiger partial charge in [-0.3, -0.25) is 28.5 Å². The van der Waals surface area contributed by atoms with Gasteiger partial charge in [0.05, 0.1) is 17.5 Å². The number of nitrogens with two attached hydrogens (primary N) is 1. The maximum Gasteiger partial charge on any atom is 0.255 e. The lowest BCUT2D eigenvalue weighted by molar-refractivity contribution is -0.116. The number of primary amides is 1. The topological polar surface area (TPSA) is 155 Å². The van der Waals surface area contributed by atoms with Gasteiger partial charge in [-0.25, -0.2) is 0 Å². The molecule has 0 saturated carbocycles. The van der Waals surface area contributed by atoms with E-state index in [0.29, 0.717) is 22.7 Å². The molecular formula is C24H24N4O6S. The standard InChI is InChI=1S/C24H24N4O6S/c25-23(30)18-11-21(13-26-12-18)34-14-16-2-1-3-19(10-16)27-24(31)17-4-6-20(7-5-17)28-8-9-35(32,33)15-22(28)29/h1-7,10-13,32-33H,8-9,14-15H2,(H2,25,30)(H,27,31). The van der Waals surface area contributed by atoms with Crippen LogP contribution in [0.2, 0.25) is 0 Å². The van der Waals surface area contributed by atoms with E-state index in [1.54, 1.807) is 42.5 Å². The minimum atomic E-state index is -2.84. The fourth-order valence-electron chi connectivity index (χ4n) is 3.52. The first-order chi connectivity index (χ1) is 16.7. The van der Waals surface area contributed by atoms with Crippen molar-refractivity contribution in [3.05, 3.63) is 83.7 Å². The molecule has 0 bridgehead atoms. The van der Waals surface area contributed by atoms with Gasteiger partial charge >= 0.3 is 0 Å². The summed E-state index contributed by atoms with van der Waals surface area (Å²) in [5, 5.41) is 2.83. The Kier molecular flexibility index (Phi) is 7.01. The summed E-state index contributed by atoms with van der Waals surface area (Å²) in [5.74, 6) is -1.04. The molecule has 182 valence electrons. The van der Waals surface area contributed by atoms with Crippen molar-refractivity contribution in [2.75, 3.05) is 28.3 Å². The summed E-state index contributed by atoms with van der Waals surface area (Å²) in [4.78, 5) is 41.6. The van der Waals surface area contributed by atoms with Crippen LogP contribution in [-0.2, 0) is 11.4 Å². The molecule has 0 radical (unpaired) electrons. The van der Waals surface area contributed by atoms with E-state index in [9.17, 15) is 23.5 Å². The molecule has 35 heavy (non-hydrogen) atoms. The largest absolute Gasteiger partial charge is 0.487 e. The van der Waals surface area contributed by atoms with Crippen molar-refractivity contribution in [3.63, 3.8) is 0 Å². The summed E-state index contributed by atoms with van der Waals surface area (Å²) in [6.45, 7) is 0.404. The molecule has 1 aliphatic heterocycles. The molecule has 11 heteroatoms. The second-order valence-electron chi connectivity index (χ2n) is 7.96. The highest BCUT2D eigenvalue weighted by molar-refractivity contribution is 8.24. The number of hydrogen-bond donors (Lipinski definition) is 4. The third-order valence-corrected chi connectivity index (χ3v) is 6.87. The van der Waals surface area contributed by atoms with Crippen LogP contribution in [0.1, 0.15) is 26.3 Å². The quantitative estimate of drug-likeness (QED) is 0.392. The molecule has 0 atom stereocenters. The molecule has 0 spiro atoms. The van der Waals surface area contributed by atoms with Gasteiger partial charge < -0.3 is 20.7 Å². The average molecular weight is 497 g/mol. The van der Waals surface area contributed by atoms with Gasteiger partial charge in [0, 0.05) is 29.7 Å². The van der Waals surface area contributed by atoms with Gasteiger partial charge in [-0.2, -0.15) is 10.6 Å². The zero-order valence-electron chi connectivity index (χ0n) is 18.6. The van der Waals surface area contributed by atoms with Crippen LogP contribution in [-0.4, -0.2) is 49.9 Å². The minimum absolute atomic E-state index is 0.133. The summed E-state index contributed by atoms with van der Waals surface area (Å²) in [6, 6.07) is 15.2. The van der Waals surface area contributed by atoms with E-state index in [0.717, 1.165) is 5.56 Å². The molecule has 1 aliphatic rings. The van der Waals surface area contributed by atoms with Crippen molar-refractivity contribution in [1.29, 1.82) is 0 Å². The zero-order chi connectivity index (χ0) is 25.0. The third kappa shape index (κ3) is 6.15. The van der Waals surface area contributed by atoms with Gasteiger partial charge in [-0.05, 0) is 48.0 Å². The number of amides is 3. The third-order valence-electron chi connectivity index (χ3n) is 5.33. The van der Waals surface area contributed by atoms with Crippen LogP contribution in [0.4, 0.5) is 11.4 Å². The van der Waals surface area contributed by atoms with Gasteiger partial charge in [0.15, 0.2) is 0 Å². The monoisotopic (exact) mass is 496 g/mol. The molecule has 2 aromatic carbocycles. The normalized spacial score (nSPS) is 15.8. The van der Waals surface area contributed by atoms with Crippen molar-refractivity contribution in [3.8, 4) is 5.75 Å². The van der Waals surface area contributed by atoms with Gasteiger partial charge in [-0.15, -0.1) is 0 Å². The van der Waals surface area contributed by atoms with Crippen LogP contribution >= 0.6 is 10.6 Å². The summed E-state index contributed by atoms with van der Waals surface area (Å²) in [5.41, 5.74) is 7.86. The van der Waals surface area contributed by atoms with E-state index in [4.69, 9.17) is 10.5 Å². The second kappa shape index (κ2) is 10.1. The van der Waals surface area contributed by atoms with E-state index < -0.39 is 16.5 Å². The van der Waals surface area contributed by atoms with Crippen molar-refractivity contribution >= 4 is 39.7 Å². The number of benzene rings is 2. The van der Waals surface area contributed by atoms with E-state index in [1.165, 1.54) is 23.4 Å². The Bertz CT molecular complexity index is 1260. The maximum atomic E-state index is 12.7. The van der Waals surface area contributed by atoms with Gasteiger partial charge in [0.25, 0.3) is 5.91 Å². The highest BCUT2D eigenvalue weighted by Crippen LogP contribution is 2.41. The molecule has 3 amide bonds. The number of hydrogen-bond acceptors (Lipinski definition) is 7. The molecule has 0 aliphatic carbocycles. The van der Waals surface area contributed by atoms with Crippen LogP contribution < -0.4 is 20.7 Å². The Morgan fingerprint density at radius 3 is 2.57 bits per heavy atom. The number of anilines is 2. The number of rotatable bonds is 7. The molecule has 10 nitrogen and oxygen atoms in total. The smallest absolute Gasteiger partial charge is 0.255 e. The van der Waals surface area contributed by atoms with Crippen molar-refractivity contribution in [1.82, 2.24) is 4.98 Å². The summed E-state index contributed by atoms with van der Waals surface area (Å²) in [6.07, 6.45) is 2.84. The summed E-state index contributed by atoms with van der Waals surface area (Å²) >= 11 is 0. The Balaban J connectivity index is 1.37. The lowest BCUT2D eigenvalue weighted by Crippen LogP contribution is -2.43. The Labute approximate surface area is 203 Å². The zero-order valence-corrected chi connectivity index (χ0v) is 19.4. The molecule has 1 aromatic heterocycles. The fraction of sp³-hybridized carbons (Fsp3) is 0.167. The number of nitrogens with zero attached hydrogens (tertiary/aromatic N) is 2. The average Bonchev–Trinajstić information content (AvgIpc) is 2.83. The molecule has 5 N–H and O–H groups in total. The predicted octanol–water partition coefficient (Wildman–Crippen LogP) is 3.11. The molecule has 3 aromatic rings. The van der Waals surface area contributed by atoms with Gasteiger partial charge in [-0.1, -0.05) is 12.1 Å². The van der Waals surface area contributed by atoms with Crippen LogP contribution in [0.5, 0.6) is 5.75 Å². The predicted molar refractivity (Wildman–Crippen MR) is 133 cm³/mol. The van der Waals surface area contributed by atoms with Crippen LogP contribution in [0.15, 0.2) is 67.0 Å². The summed E-state index contributed by atoms with van der Waals surface area (Å²) < 4.78 is 25.1. The van der Waals surface area contributed by atoms with Gasteiger partial charge in [0.1, 0.15) is 18.1 Å². The first-order valence-corrected chi connectivity index (χ1v) is 12.5. The van der Waals surface area contributed by atoms with Crippen LogP contribution in [0.25, 0.3) is 0 Å². The first kappa shape index (κ1) is 24.2. The van der Waals surface area contributed by atoms with Crippen LogP contribution in [0.3, 0.4) is 0 Å². The number of carbonyl (C=O) groups is 3. The lowest BCUT2D eigenvalue weighted by Gasteiger charge is -2.40. The molecule has 1 fully saturated rings. The summed E-state index contributed by atoms with van der Waals surface area (Å²) in [7, 11) is -2.84. The number of aromatic nitrogens is 1.